The molecule has 28 heavy (non-hydrogen) atoms. The van der Waals surface area contributed by atoms with Crippen LogP contribution in [-0.2, 0) is 14.9 Å². The van der Waals surface area contributed by atoms with Crippen molar-refractivity contribution >= 4 is 39.3 Å². The molecule has 2 amide bonds. The van der Waals surface area contributed by atoms with E-state index < -0.39 is 24.4 Å². The Morgan fingerprint density at radius 3 is 2.39 bits per heavy atom. The first-order valence-corrected chi connectivity index (χ1v) is 9.57. The molecule has 0 fully saturated rings. The summed E-state index contributed by atoms with van der Waals surface area (Å²) in [5.74, 6) is -1.85. The van der Waals surface area contributed by atoms with Crippen LogP contribution in [0.4, 0.5) is 0 Å². The molecule has 0 bridgehead atoms. The molecule has 3 rings (SSSR count). The highest BCUT2D eigenvalue weighted by Crippen LogP contribution is 2.22. The van der Waals surface area contributed by atoms with Gasteiger partial charge in [0.05, 0.1) is 21.3 Å². The maximum Gasteiger partial charge on any atom is 0.338 e. The molecule has 0 spiro atoms. The van der Waals surface area contributed by atoms with Crippen LogP contribution in [0, 0.1) is 0 Å². The van der Waals surface area contributed by atoms with Crippen LogP contribution in [-0.4, -0.2) is 29.4 Å². The lowest BCUT2D eigenvalue weighted by Gasteiger charge is -2.18. The van der Waals surface area contributed by atoms with Crippen LogP contribution >= 0.6 is 11.3 Å². The van der Waals surface area contributed by atoms with Gasteiger partial charge in [0.15, 0.2) is 6.61 Å². The van der Waals surface area contributed by atoms with E-state index in [1.54, 1.807) is 35.8 Å². The topological polar surface area (TPSA) is 85.4 Å². The highest BCUT2D eigenvalue weighted by atomic mass is 32.1. The minimum Gasteiger partial charge on any atom is -0.452 e. The molecule has 0 saturated carbocycles. The maximum absolute atomic E-state index is 12.2. The van der Waals surface area contributed by atoms with Gasteiger partial charge in [0.2, 0.25) is 0 Å². The van der Waals surface area contributed by atoms with Gasteiger partial charge in [-0.1, -0.05) is 32.9 Å². The number of thiazole rings is 1. The molecule has 0 radical (unpaired) electrons. The van der Waals surface area contributed by atoms with Gasteiger partial charge in [0, 0.05) is 5.56 Å². The fourth-order valence-electron chi connectivity index (χ4n) is 2.55. The first-order valence-electron chi connectivity index (χ1n) is 8.69. The van der Waals surface area contributed by atoms with Crippen molar-refractivity contribution < 1.29 is 19.1 Å². The van der Waals surface area contributed by atoms with Gasteiger partial charge < -0.3 is 4.74 Å². The smallest absolute Gasteiger partial charge is 0.338 e. The molecule has 0 atom stereocenters. The fourth-order valence-corrected chi connectivity index (χ4v) is 3.27. The lowest BCUT2D eigenvalue weighted by molar-refractivity contribution is -0.123. The second kappa shape index (κ2) is 7.90. The Morgan fingerprint density at radius 1 is 1.04 bits per heavy atom. The van der Waals surface area contributed by atoms with Crippen LogP contribution in [0.15, 0.2) is 48.0 Å². The van der Waals surface area contributed by atoms with Gasteiger partial charge in [-0.2, -0.15) is 0 Å². The number of fused-ring (bicyclic) bond motifs is 1. The third-order valence-corrected chi connectivity index (χ3v) is 4.96. The molecule has 0 unspecified atom stereocenters. The molecule has 1 heterocycles. The van der Waals surface area contributed by atoms with Crippen molar-refractivity contribution in [2.24, 2.45) is 0 Å². The van der Waals surface area contributed by atoms with Crippen LogP contribution < -0.4 is 5.32 Å². The van der Waals surface area contributed by atoms with E-state index in [9.17, 15) is 14.4 Å². The lowest BCUT2D eigenvalue weighted by Crippen LogP contribution is -2.34. The predicted octanol–water partition coefficient (Wildman–Crippen LogP) is 3.71. The molecule has 144 valence electrons. The molecular weight excluding hydrogens is 376 g/mol. The first-order chi connectivity index (χ1) is 13.2. The van der Waals surface area contributed by atoms with E-state index >= 15 is 0 Å². The van der Waals surface area contributed by atoms with Crippen molar-refractivity contribution in [1.82, 2.24) is 10.3 Å². The largest absolute Gasteiger partial charge is 0.452 e. The molecule has 0 saturated heterocycles. The summed E-state index contributed by atoms with van der Waals surface area (Å²) >= 11 is 1.41. The van der Waals surface area contributed by atoms with Crippen molar-refractivity contribution in [3.05, 3.63) is 64.7 Å². The Bertz CT molecular complexity index is 1030. The zero-order chi connectivity index (χ0) is 20.3. The van der Waals surface area contributed by atoms with Gasteiger partial charge in [-0.05, 0) is 41.3 Å². The molecule has 1 N–H and O–H groups in total. The number of ether oxygens (including phenoxy) is 1. The SMILES string of the molecule is CC(C)(C)c1ccc(C(=O)NC(=O)COC(=O)c2ccc3ncsc3c2)cc1. The summed E-state index contributed by atoms with van der Waals surface area (Å²) in [6.45, 7) is 5.69. The summed E-state index contributed by atoms with van der Waals surface area (Å²) in [7, 11) is 0. The predicted molar refractivity (Wildman–Crippen MR) is 108 cm³/mol. The number of nitrogens with one attached hydrogen (secondary N) is 1. The average molecular weight is 396 g/mol. The van der Waals surface area contributed by atoms with Crippen LogP contribution in [0.1, 0.15) is 47.1 Å². The second-order valence-corrected chi connectivity index (χ2v) is 8.20. The highest BCUT2D eigenvalue weighted by molar-refractivity contribution is 7.16. The van der Waals surface area contributed by atoms with Crippen molar-refractivity contribution in [2.75, 3.05) is 6.61 Å². The van der Waals surface area contributed by atoms with Gasteiger partial charge in [-0.3, -0.25) is 14.9 Å². The zero-order valence-corrected chi connectivity index (χ0v) is 16.6. The van der Waals surface area contributed by atoms with Gasteiger partial charge in [0.25, 0.3) is 11.8 Å². The van der Waals surface area contributed by atoms with E-state index in [0.29, 0.717) is 11.1 Å². The number of amides is 2. The number of nitrogens with zero attached hydrogens (tertiary/aromatic N) is 1. The number of rotatable bonds is 4. The van der Waals surface area contributed by atoms with Gasteiger partial charge in [0.1, 0.15) is 0 Å². The van der Waals surface area contributed by atoms with Crippen LogP contribution in [0.5, 0.6) is 0 Å². The number of aromatic nitrogens is 1. The number of carbonyl (C=O) groups excluding carboxylic acids is 3. The summed E-state index contributed by atoms with van der Waals surface area (Å²) in [5, 5.41) is 2.22. The molecule has 2 aromatic carbocycles. The minimum atomic E-state index is -0.683. The third kappa shape index (κ3) is 4.61. The number of hydrogen-bond donors (Lipinski definition) is 1. The number of imide groups is 1. The van der Waals surface area contributed by atoms with Crippen molar-refractivity contribution in [3.63, 3.8) is 0 Å². The van der Waals surface area contributed by atoms with Gasteiger partial charge >= 0.3 is 5.97 Å². The summed E-state index contributed by atoms with van der Waals surface area (Å²) in [6, 6.07) is 12.0. The number of carbonyl (C=O) groups is 3. The van der Waals surface area contributed by atoms with E-state index in [4.69, 9.17) is 4.74 Å². The van der Waals surface area contributed by atoms with Crippen molar-refractivity contribution in [1.29, 1.82) is 0 Å². The second-order valence-electron chi connectivity index (χ2n) is 7.32. The van der Waals surface area contributed by atoms with E-state index in [0.717, 1.165) is 15.8 Å². The molecule has 7 heteroatoms. The van der Waals surface area contributed by atoms with Crippen LogP contribution in [0.3, 0.4) is 0 Å². The lowest BCUT2D eigenvalue weighted by atomic mass is 9.87. The number of hydrogen-bond acceptors (Lipinski definition) is 6. The minimum absolute atomic E-state index is 0.0266. The third-order valence-electron chi connectivity index (χ3n) is 4.17. The summed E-state index contributed by atoms with van der Waals surface area (Å²) in [6.07, 6.45) is 0. The fraction of sp³-hybridized carbons (Fsp3) is 0.238. The maximum atomic E-state index is 12.2. The Kier molecular flexibility index (Phi) is 5.56. The first kappa shape index (κ1) is 19.7. The molecule has 0 aliphatic carbocycles. The van der Waals surface area contributed by atoms with E-state index in [1.807, 2.05) is 12.1 Å². The summed E-state index contributed by atoms with van der Waals surface area (Å²) in [5.41, 5.74) is 4.23. The standard InChI is InChI=1S/C21H20N2O4S/c1-21(2,3)15-7-4-13(5-8-15)19(25)23-18(24)11-27-20(26)14-6-9-16-17(10-14)28-12-22-16/h4-10,12H,11H2,1-3H3,(H,23,24,25). The highest BCUT2D eigenvalue weighted by Gasteiger charge is 2.16. The summed E-state index contributed by atoms with van der Waals surface area (Å²) in [4.78, 5) is 40.3. The number of esters is 1. The molecule has 3 aromatic rings. The van der Waals surface area contributed by atoms with Crippen molar-refractivity contribution in [3.8, 4) is 0 Å². The molecule has 0 aliphatic rings. The Labute approximate surface area is 166 Å². The van der Waals surface area contributed by atoms with Gasteiger partial charge in [-0.25, -0.2) is 9.78 Å². The van der Waals surface area contributed by atoms with Crippen molar-refractivity contribution in [2.45, 2.75) is 26.2 Å². The molecule has 6 nitrogen and oxygen atoms in total. The molecule has 0 aliphatic heterocycles. The normalized spacial score (nSPS) is 11.2. The van der Waals surface area contributed by atoms with Crippen LogP contribution in [0.2, 0.25) is 0 Å². The Hall–Kier alpha value is -3.06. The van der Waals surface area contributed by atoms with E-state index in [2.05, 4.69) is 31.1 Å². The number of benzene rings is 2. The van der Waals surface area contributed by atoms with Crippen LogP contribution in [0.25, 0.3) is 10.2 Å². The zero-order valence-electron chi connectivity index (χ0n) is 15.8. The molecule has 1 aromatic heterocycles. The van der Waals surface area contributed by atoms with E-state index in [1.165, 1.54) is 11.3 Å². The van der Waals surface area contributed by atoms with Gasteiger partial charge in [-0.15, -0.1) is 11.3 Å². The Balaban J connectivity index is 1.54. The Morgan fingerprint density at radius 2 is 1.71 bits per heavy atom. The summed E-state index contributed by atoms with van der Waals surface area (Å²) < 4.78 is 5.85. The van der Waals surface area contributed by atoms with E-state index in [-0.39, 0.29) is 5.41 Å². The molecular formula is C21H20N2O4S. The quantitative estimate of drug-likeness (QED) is 0.680. The average Bonchev–Trinajstić information content (AvgIpc) is 3.13. The monoisotopic (exact) mass is 396 g/mol.